The molecule has 0 aliphatic rings. The van der Waals surface area contributed by atoms with Crippen molar-refractivity contribution in [3.8, 4) is 0 Å². The summed E-state index contributed by atoms with van der Waals surface area (Å²) in [5, 5.41) is 0.682. The largest absolute Gasteiger partial charge is 0.0716 e. The molecule has 0 nitrogen and oxygen atoms in total. The summed E-state index contributed by atoms with van der Waals surface area (Å²) in [6, 6.07) is 0. The minimum atomic E-state index is -0.678. The average molecular weight is 176 g/mol. The van der Waals surface area contributed by atoms with E-state index in [1.165, 1.54) is 9.76 Å². The lowest BCUT2D eigenvalue weighted by molar-refractivity contribution is 0.735. The Hall–Kier alpha value is 0.651. The van der Waals surface area contributed by atoms with E-state index in [0.717, 1.165) is 0 Å². The molecule has 0 rings (SSSR count). The molecule has 3 heteroatoms. The van der Waals surface area contributed by atoms with Crippen LogP contribution in [0.2, 0.25) is 18.1 Å². The van der Waals surface area contributed by atoms with Crippen LogP contribution in [-0.4, -0.2) is 25.9 Å². The van der Waals surface area contributed by atoms with Crippen LogP contribution in [0.3, 0.4) is 0 Å². The van der Waals surface area contributed by atoms with Crippen LogP contribution in [0.4, 0.5) is 0 Å². The first-order chi connectivity index (χ1) is 3.81. The Morgan fingerprint density at radius 2 is 1.56 bits per heavy atom. The van der Waals surface area contributed by atoms with Crippen LogP contribution < -0.4 is 0 Å². The summed E-state index contributed by atoms with van der Waals surface area (Å²) in [6.07, 6.45) is 0. The predicted octanol–water partition coefficient (Wildman–Crippen LogP) is 0.441. The second-order valence-corrected chi connectivity index (χ2v) is 24.3. The zero-order chi connectivity index (χ0) is 7.71. The molecular formula is C6H20Si3. The molecule has 0 amide bonds. The summed E-state index contributed by atoms with van der Waals surface area (Å²) in [5.74, 6) is 0. The van der Waals surface area contributed by atoms with E-state index >= 15 is 0 Å². The van der Waals surface area contributed by atoms with Gasteiger partial charge in [-0.1, -0.05) is 33.9 Å². The van der Waals surface area contributed by atoms with Crippen molar-refractivity contribution in [2.24, 2.45) is 0 Å². The lowest BCUT2D eigenvalue weighted by Crippen LogP contribution is -2.44. The standard InChI is InChI=1S/C6H20Si3/c1-6(2,3)9(4,5)8-7/h8H2,1-5,7H3. The van der Waals surface area contributed by atoms with E-state index in [4.69, 9.17) is 0 Å². The summed E-state index contributed by atoms with van der Waals surface area (Å²) in [7, 11) is 1.27. The van der Waals surface area contributed by atoms with E-state index in [9.17, 15) is 0 Å². The summed E-state index contributed by atoms with van der Waals surface area (Å²) < 4.78 is 0. The van der Waals surface area contributed by atoms with Gasteiger partial charge in [-0.3, -0.25) is 0 Å². The van der Waals surface area contributed by atoms with Crippen molar-refractivity contribution >= 4 is 25.9 Å². The van der Waals surface area contributed by atoms with Gasteiger partial charge in [-0.15, -0.1) is 0 Å². The van der Waals surface area contributed by atoms with E-state index in [2.05, 4.69) is 33.9 Å². The fourth-order valence-electron chi connectivity index (χ4n) is 0.530. The van der Waals surface area contributed by atoms with Gasteiger partial charge >= 0.3 is 0 Å². The van der Waals surface area contributed by atoms with Crippen molar-refractivity contribution in [1.82, 2.24) is 0 Å². The van der Waals surface area contributed by atoms with Crippen molar-refractivity contribution < 1.29 is 0 Å². The zero-order valence-corrected chi connectivity index (χ0v) is 12.1. The minimum absolute atomic E-state index is 0.416. The number of hydrogen-bond donors (Lipinski definition) is 0. The van der Waals surface area contributed by atoms with Crippen LogP contribution in [0, 0.1) is 0 Å². The van der Waals surface area contributed by atoms with Gasteiger partial charge in [0.25, 0.3) is 0 Å². The van der Waals surface area contributed by atoms with Crippen molar-refractivity contribution in [3.05, 3.63) is 0 Å². The third-order valence-corrected chi connectivity index (χ3v) is 33.1. The van der Waals surface area contributed by atoms with Crippen molar-refractivity contribution in [2.45, 2.75) is 38.9 Å². The van der Waals surface area contributed by atoms with E-state index in [1.54, 1.807) is 0 Å². The van der Waals surface area contributed by atoms with E-state index in [0.29, 0.717) is 13.6 Å². The first-order valence-electron chi connectivity index (χ1n) is 3.81. The molecule has 0 aromatic rings. The van der Waals surface area contributed by atoms with Gasteiger partial charge in [-0.2, -0.15) is 0 Å². The molecule has 0 aromatic heterocycles. The smallest absolute Gasteiger partial charge is 0.0360 e. The van der Waals surface area contributed by atoms with E-state index in [1.807, 2.05) is 0 Å². The Balaban J connectivity index is 4.14. The van der Waals surface area contributed by atoms with Crippen LogP contribution in [0.5, 0.6) is 0 Å². The summed E-state index contributed by atoms with van der Waals surface area (Å²) in [6.45, 7) is 12.4. The molecule has 0 N–H and O–H groups in total. The topological polar surface area (TPSA) is 0 Å². The molecule has 0 saturated heterocycles. The third kappa shape index (κ3) is 2.39. The highest BCUT2D eigenvalue weighted by Crippen LogP contribution is 2.34. The fourth-order valence-corrected chi connectivity index (χ4v) is 14.3. The molecule has 0 bridgehead atoms. The van der Waals surface area contributed by atoms with Gasteiger partial charge in [-0.05, 0) is 14.8 Å². The maximum atomic E-state index is 2.56. The molecule has 0 aliphatic heterocycles. The van der Waals surface area contributed by atoms with Gasteiger partial charge in [0, 0.05) is 16.1 Å². The second kappa shape index (κ2) is 2.72. The van der Waals surface area contributed by atoms with Crippen molar-refractivity contribution in [3.63, 3.8) is 0 Å². The first kappa shape index (κ1) is 9.65. The van der Waals surface area contributed by atoms with Crippen LogP contribution in [0.1, 0.15) is 20.8 Å². The molecule has 0 aliphatic carbocycles. The maximum Gasteiger partial charge on any atom is 0.0360 e. The predicted molar refractivity (Wildman–Crippen MR) is 55.7 cm³/mol. The lowest BCUT2D eigenvalue weighted by atomic mass is 10.2. The Labute approximate surface area is 65.3 Å². The minimum Gasteiger partial charge on any atom is -0.0716 e. The maximum absolute atomic E-state index is 2.56. The first-order valence-corrected chi connectivity index (χ1v) is 14.8. The van der Waals surface area contributed by atoms with Crippen LogP contribution >= 0.6 is 0 Å². The normalized spacial score (nSPS) is 15.7. The molecule has 0 atom stereocenters. The van der Waals surface area contributed by atoms with E-state index < -0.39 is 7.59 Å². The van der Waals surface area contributed by atoms with Gasteiger partial charge in [-0.25, -0.2) is 0 Å². The Morgan fingerprint density at radius 3 is 1.56 bits per heavy atom. The molecule has 0 saturated carbocycles. The van der Waals surface area contributed by atoms with Crippen LogP contribution in [0.25, 0.3) is 0 Å². The molecule has 0 fully saturated rings. The fraction of sp³-hybridized carbons (Fsp3) is 1.00. The monoisotopic (exact) mass is 176 g/mol. The third-order valence-electron chi connectivity index (χ3n) is 2.91. The number of rotatable bonds is 1. The zero-order valence-electron chi connectivity index (χ0n) is 7.71. The van der Waals surface area contributed by atoms with Crippen LogP contribution in [0.15, 0.2) is 0 Å². The highest BCUT2D eigenvalue weighted by molar-refractivity contribution is 7.40. The molecule has 0 heterocycles. The molecule has 0 radical (unpaired) electrons. The van der Waals surface area contributed by atoms with Crippen LogP contribution in [-0.2, 0) is 0 Å². The Kier molecular flexibility index (Phi) is 2.91. The Bertz CT molecular complexity index is 91.0. The number of hydrogen-bond acceptors (Lipinski definition) is 0. The van der Waals surface area contributed by atoms with Crippen molar-refractivity contribution in [1.29, 1.82) is 0 Å². The SMILES string of the molecule is CC(C)(C)[Si](C)(C)[SiH2][SiH3]. The summed E-state index contributed by atoms with van der Waals surface area (Å²) >= 11 is 0. The van der Waals surface area contributed by atoms with Gasteiger partial charge < -0.3 is 0 Å². The molecular weight excluding hydrogens is 156 g/mol. The molecule has 0 aromatic carbocycles. The average Bonchev–Trinajstić information content (AvgIpc) is 1.64. The molecule has 56 valence electrons. The summed E-state index contributed by atoms with van der Waals surface area (Å²) in [5.41, 5.74) is 0. The molecule has 9 heavy (non-hydrogen) atoms. The Morgan fingerprint density at radius 1 is 1.22 bits per heavy atom. The summed E-state index contributed by atoms with van der Waals surface area (Å²) in [4.78, 5) is 0. The van der Waals surface area contributed by atoms with Gasteiger partial charge in [0.15, 0.2) is 0 Å². The highest BCUT2D eigenvalue weighted by Gasteiger charge is 2.32. The van der Waals surface area contributed by atoms with Gasteiger partial charge in [0.05, 0.1) is 0 Å². The van der Waals surface area contributed by atoms with Gasteiger partial charge in [0.2, 0.25) is 0 Å². The highest BCUT2D eigenvalue weighted by atomic mass is 29.5. The van der Waals surface area contributed by atoms with E-state index in [-0.39, 0.29) is 0 Å². The molecule has 0 unspecified atom stereocenters. The quantitative estimate of drug-likeness (QED) is 0.509. The lowest BCUT2D eigenvalue weighted by Gasteiger charge is -2.35. The van der Waals surface area contributed by atoms with Crippen molar-refractivity contribution in [2.75, 3.05) is 0 Å². The van der Waals surface area contributed by atoms with Gasteiger partial charge in [0.1, 0.15) is 0 Å². The second-order valence-electron chi connectivity index (χ2n) is 4.49. The molecule has 0 spiro atoms.